The Hall–Kier alpha value is 0.100. The Morgan fingerprint density at radius 2 is 0.818 bits per heavy atom. The average Bonchev–Trinajstić information content (AvgIpc) is 2.51. The molecule has 0 radical (unpaired) electrons. The zero-order valence-corrected chi connectivity index (χ0v) is 16.5. The fourth-order valence-electron chi connectivity index (χ4n) is 3.02. The molecule has 0 rings (SSSR count). The van der Waals surface area contributed by atoms with Gasteiger partial charge in [-0.15, -0.1) is 0 Å². The van der Waals surface area contributed by atoms with Crippen LogP contribution in [0.25, 0.3) is 0 Å². The van der Waals surface area contributed by atoms with Crippen LogP contribution in [-0.4, -0.2) is 12.3 Å². The van der Waals surface area contributed by atoms with E-state index in [0.29, 0.717) is 0 Å². The van der Waals surface area contributed by atoms with Gasteiger partial charge in [0.05, 0.1) is 0 Å². The zero-order chi connectivity index (χ0) is 16.3. The van der Waals surface area contributed by atoms with Crippen molar-refractivity contribution in [1.82, 2.24) is 0 Å². The Morgan fingerprint density at radius 1 is 0.455 bits per heavy atom. The van der Waals surface area contributed by atoms with Gasteiger partial charge in [-0.2, -0.15) is 0 Å². The lowest BCUT2D eigenvalue weighted by atomic mass is 10.0. The normalized spacial score (nSPS) is 11.8. The van der Waals surface area contributed by atoms with Crippen LogP contribution in [0.2, 0.25) is 0 Å². The quantitative estimate of drug-likeness (QED) is 0.183. The lowest BCUT2D eigenvalue weighted by Crippen LogP contribution is -1.85. The van der Waals surface area contributed by atoms with Crippen molar-refractivity contribution < 1.29 is 4.57 Å². The van der Waals surface area contributed by atoms with Gasteiger partial charge in [-0.1, -0.05) is 102 Å². The molecule has 0 heterocycles. The van der Waals surface area contributed by atoms with Crippen molar-refractivity contribution in [3.8, 4) is 0 Å². The van der Waals surface area contributed by atoms with E-state index in [1.54, 1.807) is 0 Å². The largest absolute Gasteiger partial charge is 0.338 e. The second-order valence-electron chi connectivity index (χ2n) is 6.88. The van der Waals surface area contributed by atoms with E-state index >= 15 is 0 Å². The molecular formula is C20H42OP+. The standard InChI is InChI=1S/C20H42OP/c1-3-5-6-7-8-9-10-11-12-13-14-15-16-17-18-20-22(21)19-4-2/h3-20H2,1-2H3/q+1. The van der Waals surface area contributed by atoms with Crippen molar-refractivity contribution in [2.75, 3.05) is 12.3 Å². The van der Waals surface area contributed by atoms with Crippen LogP contribution in [0.15, 0.2) is 0 Å². The zero-order valence-electron chi connectivity index (χ0n) is 15.6. The van der Waals surface area contributed by atoms with Crippen molar-refractivity contribution in [2.24, 2.45) is 0 Å². The molecule has 0 fully saturated rings. The molecule has 1 nitrogen and oxygen atoms in total. The van der Waals surface area contributed by atoms with Gasteiger partial charge >= 0.3 is 7.80 Å². The van der Waals surface area contributed by atoms with E-state index in [-0.39, 0.29) is 0 Å². The van der Waals surface area contributed by atoms with Crippen molar-refractivity contribution in [2.45, 2.75) is 117 Å². The van der Waals surface area contributed by atoms with Crippen LogP contribution < -0.4 is 0 Å². The first-order chi connectivity index (χ1) is 10.8. The summed E-state index contributed by atoms with van der Waals surface area (Å²) in [5.74, 6) is 0. The Kier molecular flexibility index (Phi) is 19.2. The van der Waals surface area contributed by atoms with Crippen LogP contribution in [0.1, 0.15) is 117 Å². The van der Waals surface area contributed by atoms with Gasteiger partial charge in [0, 0.05) is 0 Å². The maximum absolute atomic E-state index is 11.5. The Morgan fingerprint density at radius 3 is 1.18 bits per heavy atom. The topological polar surface area (TPSA) is 17.1 Å². The van der Waals surface area contributed by atoms with Crippen molar-refractivity contribution in [3.05, 3.63) is 0 Å². The molecule has 22 heavy (non-hydrogen) atoms. The molecule has 2 heteroatoms. The summed E-state index contributed by atoms with van der Waals surface area (Å²) in [7, 11) is -0.872. The molecule has 0 aromatic rings. The van der Waals surface area contributed by atoms with E-state index in [4.69, 9.17) is 0 Å². The van der Waals surface area contributed by atoms with Gasteiger partial charge in [-0.3, -0.25) is 0 Å². The lowest BCUT2D eigenvalue weighted by molar-refractivity contribution is 0.534. The highest BCUT2D eigenvalue weighted by molar-refractivity contribution is 7.44. The first-order valence-electron chi connectivity index (χ1n) is 10.2. The summed E-state index contributed by atoms with van der Waals surface area (Å²) in [5, 5.41) is 0. The van der Waals surface area contributed by atoms with Gasteiger partial charge in [0.2, 0.25) is 0 Å². The molecular weight excluding hydrogens is 287 g/mol. The van der Waals surface area contributed by atoms with Crippen molar-refractivity contribution >= 4 is 7.80 Å². The summed E-state index contributed by atoms with van der Waals surface area (Å²) in [6.45, 7) is 4.41. The molecule has 0 saturated carbocycles. The number of hydrogen-bond acceptors (Lipinski definition) is 1. The highest BCUT2D eigenvalue weighted by Crippen LogP contribution is 2.23. The SMILES string of the molecule is CCCCCCCCCCCCCCCCC[P+](=O)CCC. The van der Waals surface area contributed by atoms with Gasteiger partial charge in [-0.25, -0.2) is 0 Å². The summed E-state index contributed by atoms with van der Waals surface area (Å²) in [6, 6.07) is 0. The Labute approximate surface area is 141 Å². The summed E-state index contributed by atoms with van der Waals surface area (Å²) in [4.78, 5) is 0. The maximum Gasteiger partial charge on any atom is 0.338 e. The molecule has 0 saturated heterocycles. The smallest absolute Gasteiger partial charge is 0.0748 e. The first kappa shape index (κ1) is 22.1. The summed E-state index contributed by atoms with van der Waals surface area (Å²) < 4.78 is 11.5. The molecule has 0 aliphatic rings. The monoisotopic (exact) mass is 329 g/mol. The van der Waals surface area contributed by atoms with Gasteiger partial charge < -0.3 is 0 Å². The minimum absolute atomic E-state index is 0.872. The maximum atomic E-state index is 11.5. The van der Waals surface area contributed by atoms with Crippen LogP contribution in [0.5, 0.6) is 0 Å². The van der Waals surface area contributed by atoms with E-state index in [1.165, 1.54) is 96.3 Å². The molecule has 0 aliphatic heterocycles. The van der Waals surface area contributed by atoms with E-state index in [0.717, 1.165) is 18.7 Å². The highest BCUT2D eigenvalue weighted by Gasteiger charge is 2.11. The van der Waals surface area contributed by atoms with E-state index < -0.39 is 7.80 Å². The van der Waals surface area contributed by atoms with Crippen LogP contribution in [0.4, 0.5) is 0 Å². The molecule has 1 unspecified atom stereocenters. The summed E-state index contributed by atoms with van der Waals surface area (Å²) in [5.41, 5.74) is 0. The van der Waals surface area contributed by atoms with E-state index in [2.05, 4.69) is 13.8 Å². The lowest BCUT2D eigenvalue weighted by Gasteiger charge is -2.02. The number of unbranched alkanes of at least 4 members (excludes halogenated alkanes) is 14. The van der Waals surface area contributed by atoms with Crippen molar-refractivity contribution in [1.29, 1.82) is 0 Å². The molecule has 0 aromatic heterocycles. The van der Waals surface area contributed by atoms with Gasteiger partial charge in [-0.05, 0) is 19.3 Å². The second-order valence-corrected chi connectivity index (χ2v) is 8.74. The molecule has 0 aromatic carbocycles. The van der Waals surface area contributed by atoms with Crippen LogP contribution in [0, 0.1) is 0 Å². The minimum Gasteiger partial charge on any atom is -0.0748 e. The summed E-state index contributed by atoms with van der Waals surface area (Å²) in [6.07, 6.45) is 24.0. The highest BCUT2D eigenvalue weighted by atomic mass is 31.1. The molecule has 0 N–H and O–H groups in total. The predicted molar refractivity (Wildman–Crippen MR) is 103 cm³/mol. The fourth-order valence-corrected chi connectivity index (χ4v) is 4.32. The summed E-state index contributed by atoms with van der Waals surface area (Å²) >= 11 is 0. The molecule has 0 aliphatic carbocycles. The van der Waals surface area contributed by atoms with Crippen molar-refractivity contribution in [3.63, 3.8) is 0 Å². The van der Waals surface area contributed by atoms with Crippen LogP contribution >= 0.6 is 7.80 Å². The molecule has 0 amide bonds. The second kappa shape index (κ2) is 19.1. The Balaban J connectivity index is 3.01. The van der Waals surface area contributed by atoms with Gasteiger partial charge in [0.15, 0.2) is 0 Å². The first-order valence-corrected chi connectivity index (χ1v) is 11.9. The molecule has 0 bridgehead atoms. The Bertz CT molecular complexity index is 228. The molecule has 1 atom stereocenters. The van der Waals surface area contributed by atoms with Gasteiger partial charge in [0.25, 0.3) is 0 Å². The van der Waals surface area contributed by atoms with Crippen LogP contribution in [-0.2, 0) is 4.57 Å². The van der Waals surface area contributed by atoms with E-state index in [9.17, 15) is 4.57 Å². The molecule has 0 spiro atoms. The van der Waals surface area contributed by atoms with Gasteiger partial charge in [0.1, 0.15) is 12.3 Å². The number of hydrogen-bond donors (Lipinski definition) is 0. The fraction of sp³-hybridized carbons (Fsp3) is 1.00. The average molecular weight is 330 g/mol. The number of rotatable bonds is 18. The minimum atomic E-state index is -0.872. The third-order valence-corrected chi connectivity index (χ3v) is 6.25. The van der Waals surface area contributed by atoms with E-state index in [1.807, 2.05) is 0 Å². The third kappa shape index (κ3) is 18.1. The molecule has 132 valence electrons. The predicted octanol–water partition coefficient (Wildman–Crippen LogP) is 8.10. The van der Waals surface area contributed by atoms with Crippen LogP contribution in [0.3, 0.4) is 0 Å². The third-order valence-electron chi connectivity index (χ3n) is 4.48.